The summed E-state index contributed by atoms with van der Waals surface area (Å²) in [6, 6.07) is 11.0. The van der Waals surface area contributed by atoms with Gasteiger partial charge in [0.25, 0.3) is 5.91 Å². The van der Waals surface area contributed by atoms with E-state index in [-0.39, 0.29) is 5.91 Å². The fourth-order valence-corrected chi connectivity index (χ4v) is 2.34. The molecule has 2 aromatic rings. The summed E-state index contributed by atoms with van der Waals surface area (Å²) in [7, 11) is 3.38. The van der Waals surface area contributed by atoms with Crippen molar-refractivity contribution >= 4 is 17.5 Å². The summed E-state index contributed by atoms with van der Waals surface area (Å²) in [5, 5.41) is 0.327. The lowest BCUT2D eigenvalue weighted by atomic mass is 10.1. The van der Waals surface area contributed by atoms with Gasteiger partial charge in [0.05, 0.1) is 7.11 Å². The molecule has 0 aliphatic rings. The lowest BCUT2D eigenvalue weighted by molar-refractivity contribution is 0.0784. The number of rotatable bonds is 4. The highest BCUT2D eigenvalue weighted by atomic mass is 35.5. The van der Waals surface area contributed by atoms with E-state index in [2.05, 4.69) is 4.98 Å². The van der Waals surface area contributed by atoms with E-state index >= 15 is 0 Å². The third-order valence-corrected chi connectivity index (χ3v) is 3.26. The Morgan fingerprint density at radius 3 is 2.76 bits per heavy atom. The summed E-state index contributed by atoms with van der Waals surface area (Å²) in [6.45, 7) is 2.31. The van der Waals surface area contributed by atoms with Crippen LogP contribution in [0.25, 0.3) is 0 Å². The second kappa shape index (κ2) is 6.59. The number of nitrogens with zero attached hydrogens (tertiary/aromatic N) is 2. The molecule has 0 saturated heterocycles. The van der Waals surface area contributed by atoms with Crippen LogP contribution in [0.5, 0.6) is 5.75 Å². The fourth-order valence-electron chi connectivity index (χ4n) is 2.09. The molecular weight excluding hydrogens is 288 g/mol. The standard InChI is InChI=1S/C16H17ClN2O2/c1-11-7-13(9-15(17)18-11)16(20)19(2)10-12-5-4-6-14(8-12)21-3/h4-9H,10H2,1-3H3. The van der Waals surface area contributed by atoms with Crippen LogP contribution < -0.4 is 4.74 Å². The van der Waals surface area contributed by atoms with Crippen LogP contribution in [-0.2, 0) is 6.54 Å². The number of ether oxygens (including phenoxy) is 1. The summed E-state index contributed by atoms with van der Waals surface area (Å²) < 4.78 is 5.18. The molecule has 1 aromatic heterocycles. The van der Waals surface area contributed by atoms with Crippen molar-refractivity contribution in [1.29, 1.82) is 0 Å². The van der Waals surface area contributed by atoms with Gasteiger partial charge in [-0.25, -0.2) is 4.98 Å². The van der Waals surface area contributed by atoms with Crippen LogP contribution in [0.15, 0.2) is 36.4 Å². The van der Waals surface area contributed by atoms with E-state index in [1.54, 1.807) is 31.2 Å². The van der Waals surface area contributed by atoms with Crippen molar-refractivity contribution in [3.63, 3.8) is 0 Å². The molecule has 0 aliphatic heterocycles. The monoisotopic (exact) mass is 304 g/mol. The van der Waals surface area contributed by atoms with Crippen LogP contribution in [0.1, 0.15) is 21.6 Å². The van der Waals surface area contributed by atoms with Gasteiger partial charge < -0.3 is 9.64 Å². The summed E-state index contributed by atoms with van der Waals surface area (Å²) in [5.74, 6) is 0.682. The predicted molar refractivity (Wildman–Crippen MR) is 82.8 cm³/mol. The Kier molecular flexibility index (Phi) is 4.81. The Morgan fingerprint density at radius 2 is 2.10 bits per heavy atom. The van der Waals surface area contributed by atoms with Gasteiger partial charge in [0, 0.05) is 24.8 Å². The molecular formula is C16H17ClN2O2. The number of carbonyl (C=O) groups excluding carboxylic acids is 1. The number of aromatic nitrogens is 1. The zero-order chi connectivity index (χ0) is 15.4. The molecule has 2 rings (SSSR count). The van der Waals surface area contributed by atoms with Crippen LogP contribution >= 0.6 is 11.6 Å². The highest BCUT2D eigenvalue weighted by Gasteiger charge is 2.14. The molecule has 21 heavy (non-hydrogen) atoms. The van der Waals surface area contributed by atoms with E-state index in [1.807, 2.05) is 31.2 Å². The normalized spacial score (nSPS) is 10.3. The minimum Gasteiger partial charge on any atom is -0.497 e. The number of methoxy groups -OCH3 is 1. The minimum atomic E-state index is -0.0924. The van der Waals surface area contributed by atoms with Crippen molar-refractivity contribution in [2.75, 3.05) is 14.2 Å². The SMILES string of the molecule is COc1cccc(CN(C)C(=O)c2cc(C)nc(Cl)c2)c1. The second-order valence-electron chi connectivity index (χ2n) is 4.83. The van der Waals surface area contributed by atoms with Crippen molar-refractivity contribution in [3.05, 3.63) is 58.4 Å². The average Bonchev–Trinajstić information content (AvgIpc) is 2.45. The van der Waals surface area contributed by atoms with Gasteiger partial charge in [-0.1, -0.05) is 23.7 Å². The Bertz CT molecular complexity index is 638. The predicted octanol–water partition coefficient (Wildman–Crippen LogP) is 3.32. The molecule has 0 aliphatic carbocycles. The molecule has 0 spiro atoms. The zero-order valence-electron chi connectivity index (χ0n) is 12.3. The Morgan fingerprint density at radius 1 is 1.33 bits per heavy atom. The summed E-state index contributed by atoms with van der Waals surface area (Å²) in [6.07, 6.45) is 0. The highest BCUT2D eigenvalue weighted by molar-refractivity contribution is 6.29. The molecule has 1 aromatic carbocycles. The molecule has 4 nitrogen and oxygen atoms in total. The van der Waals surface area contributed by atoms with Crippen LogP contribution in [0.3, 0.4) is 0 Å². The molecule has 0 N–H and O–H groups in total. The molecule has 0 radical (unpaired) electrons. The smallest absolute Gasteiger partial charge is 0.254 e. The quantitative estimate of drug-likeness (QED) is 0.814. The van der Waals surface area contributed by atoms with Gasteiger partial charge >= 0.3 is 0 Å². The van der Waals surface area contributed by atoms with Gasteiger partial charge in [-0.05, 0) is 36.8 Å². The fraction of sp³-hybridized carbons (Fsp3) is 0.250. The summed E-state index contributed by atoms with van der Waals surface area (Å²) >= 11 is 5.90. The number of benzene rings is 1. The van der Waals surface area contributed by atoms with Crippen molar-refractivity contribution < 1.29 is 9.53 Å². The first-order valence-corrected chi connectivity index (χ1v) is 6.90. The van der Waals surface area contributed by atoms with Gasteiger partial charge in [-0.3, -0.25) is 4.79 Å². The zero-order valence-corrected chi connectivity index (χ0v) is 13.0. The maximum atomic E-state index is 12.4. The maximum absolute atomic E-state index is 12.4. The molecule has 0 unspecified atom stereocenters. The molecule has 0 atom stereocenters. The number of pyridine rings is 1. The van der Waals surface area contributed by atoms with Crippen molar-refractivity contribution in [1.82, 2.24) is 9.88 Å². The van der Waals surface area contributed by atoms with E-state index in [0.29, 0.717) is 17.3 Å². The van der Waals surface area contributed by atoms with E-state index in [1.165, 1.54) is 0 Å². The van der Waals surface area contributed by atoms with Gasteiger partial charge in [0.1, 0.15) is 10.9 Å². The number of hydrogen-bond donors (Lipinski definition) is 0. The summed E-state index contributed by atoms with van der Waals surface area (Å²) in [4.78, 5) is 18.1. The molecule has 0 saturated carbocycles. The van der Waals surface area contributed by atoms with Gasteiger partial charge in [0.15, 0.2) is 0 Å². The van der Waals surface area contributed by atoms with Crippen molar-refractivity contribution in [2.45, 2.75) is 13.5 Å². The Labute approximate surface area is 129 Å². The maximum Gasteiger partial charge on any atom is 0.254 e. The van der Waals surface area contributed by atoms with Crippen LogP contribution in [0.2, 0.25) is 5.15 Å². The number of hydrogen-bond acceptors (Lipinski definition) is 3. The lowest BCUT2D eigenvalue weighted by Crippen LogP contribution is -2.26. The average molecular weight is 305 g/mol. The van der Waals surface area contributed by atoms with Crippen molar-refractivity contribution in [2.24, 2.45) is 0 Å². The molecule has 110 valence electrons. The van der Waals surface area contributed by atoms with E-state index in [9.17, 15) is 4.79 Å². The largest absolute Gasteiger partial charge is 0.497 e. The van der Waals surface area contributed by atoms with E-state index in [4.69, 9.17) is 16.3 Å². The minimum absolute atomic E-state index is 0.0924. The Balaban J connectivity index is 2.15. The number of amides is 1. The van der Waals surface area contributed by atoms with E-state index in [0.717, 1.165) is 17.0 Å². The first kappa shape index (κ1) is 15.3. The van der Waals surface area contributed by atoms with Crippen LogP contribution in [0, 0.1) is 6.92 Å². The molecule has 0 bridgehead atoms. The number of aryl methyl sites for hydroxylation is 1. The van der Waals surface area contributed by atoms with Crippen molar-refractivity contribution in [3.8, 4) is 5.75 Å². The Hall–Kier alpha value is -2.07. The van der Waals surface area contributed by atoms with E-state index < -0.39 is 0 Å². The van der Waals surface area contributed by atoms with Gasteiger partial charge in [-0.15, -0.1) is 0 Å². The van der Waals surface area contributed by atoms with Gasteiger partial charge in [0.2, 0.25) is 0 Å². The first-order valence-electron chi connectivity index (χ1n) is 6.52. The number of carbonyl (C=O) groups is 1. The van der Waals surface area contributed by atoms with Gasteiger partial charge in [-0.2, -0.15) is 0 Å². The third-order valence-electron chi connectivity index (χ3n) is 3.07. The summed E-state index contributed by atoms with van der Waals surface area (Å²) in [5.41, 5.74) is 2.26. The van der Waals surface area contributed by atoms with Crippen LogP contribution in [0.4, 0.5) is 0 Å². The lowest BCUT2D eigenvalue weighted by Gasteiger charge is -2.18. The molecule has 1 amide bonds. The molecule has 1 heterocycles. The first-order chi connectivity index (χ1) is 9.99. The van der Waals surface area contributed by atoms with Crippen LogP contribution in [-0.4, -0.2) is 29.9 Å². The second-order valence-corrected chi connectivity index (χ2v) is 5.22. The topological polar surface area (TPSA) is 42.4 Å². The molecule has 0 fully saturated rings. The highest BCUT2D eigenvalue weighted by Crippen LogP contribution is 2.16. The third kappa shape index (κ3) is 3.95. The molecule has 5 heteroatoms. The number of halogens is 1.